The van der Waals surface area contributed by atoms with Gasteiger partial charge in [-0.25, -0.2) is 14.8 Å². The first-order valence-electron chi connectivity index (χ1n) is 6.51. The van der Waals surface area contributed by atoms with Crippen molar-refractivity contribution in [1.82, 2.24) is 9.97 Å². The van der Waals surface area contributed by atoms with E-state index >= 15 is 0 Å². The number of rotatable bonds is 6. The minimum Gasteiger partial charge on any atom is -0.497 e. The fraction of sp³-hybridized carbons (Fsp3) is 0.267. The Labute approximate surface area is 123 Å². The molecule has 2 aromatic rings. The third-order valence-electron chi connectivity index (χ3n) is 2.88. The van der Waals surface area contributed by atoms with Gasteiger partial charge in [-0.1, -0.05) is 12.1 Å². The van der Waals surface area contributed by atoms with Crippen LogP contribution in [0.1, 0.15) is 16.2 Å². The molecule has 1 aromatic heterocycles. The number of carbonyl (C=O) groups is 1. The summed E-state index contributed by atoms with van der Waals surface area (Å²) in [5, 5.41) is 3.15. The Bertz CT molecular complexity index is 617. The fourth-order valence-electron chi connectivity index (χ4n) is 1.81. The molecule has 1 heterocycles. The summed E-state index contributed by atoms with van der Waals surface area (Å²) in [6.45, 7) is 0.685. The Kier molecular flexibility index (Phi) is 5.09. The van der Waals surface area contributed by atoms with Crippen molar-refractivity contribution < 1.29 is 14.3 Å². The van der Waals surface area contributed by atoms with E-state index in [0.717, 1.165) is 17.7 Å². The second-order valence-corrected chi connectivity index (χ2v) is 4.29. The molecular formula is C15H17N3O3. The van der Waals surface area contributed by atoms with Crippen molar-refractivity contribution in [1.29, 1.82) is 0 Å². The number of nitrogens with one attached hydrogen (secondary N) is 1. The summed E-state index contributed by atoms with van der Waals surface area (Å²) in [7, 11) is 2.95. The monoisotopic (exact) mass is 287 g/mol. The van der Waals surface area contributed by atoms with Gasteiger partial charge in [-0.2, -0.15) is 0 Å². The maximum absolute atomic E-state index is 11.3. The molecule has 0 amide bonds. The first-order valence-corrected chi connectivity index (χ1v) is 6.51. The van der Waals surface area contributed by atoms with Gasteiger partial charge >= 0.3 is 5.97 Å². The van der Waals surface area contributed by atoms with Crippen LogP contribution in [0.5, 0.6) is 5.75 Å². The Morgan fingerprint density at radius 3 is 2.90 bits per heavy atom. The van der Waals surface area contributed by atoms with Crippen molar-refractivity contribution in [2.45, 2.75) is 6.42 Å². The van der Waals surface area contributed by atoms with Crippen LogP contribution in [0.4, 0.5) is 5.82 Å². The van der Waals surface area contributed by atoms with Gasteiger partial charge < -0.3 is 14.8 Å². The highest BCUT2D eigenvalue weighted by Crippen LogP contribution is 2.13. The number of nitrogens with zero attached hydrogens (tertiary/aromatic N) is 2. The Balaban J connectivity index is 1.92. The number of benzene rings is 1. The van der Waals surface area contributed by atoms with E-state index in [1.165, 1.54) is 13.3 Å². The third-order valence-corrected chi connectivity index (χ3v) is 2.88. The SMILES string of the molecule is COC(=O)c1nccc(NCCc2cccc(OC)c2)n1. The molecule has 0 saturated heterocycles. The quantitative estimate of drug-likeness (QED) is 0.818. The molecule has 0 radical (unpaired) electrons. The van der Waals surface area contributed by atoms with Crippen LogP contribution in [0.2, 0.25) is 0 Å². The lowest BCUT2D eigenvalue weighted by Crippen LogP contribution is -2.11. The molecule has 6 heteroatoms. The number of hydrogen-bond donors (Lipinski definition) is 1. The van der Waals surface area contributed by atoms with Crippen LogP contribution in [0, 0.1) is 0 Å². The molecule has 1 aromatic carbocycles. The van der Waals surface area contributed by atoms with Crippen molar-refractivity contribution >= 4 is 11.8 Å². The summed E-state index contributed by atoms with van der Waals surface area (Å²) in [4.78, 5) is 19.3. The Morgan fingerprint density at radius 1 is 1.29 bits per heavy atom. The summed E-state index contributed by atoms with van der Waals surface area (Å²) in [5.74, 6) is 0.922. The molecular weight excluding hydrogens is 270 g/mol. The van der Waals surface area contributed by atoms with E-state index in [0.29, 0.717) is 12.4 Å². The predicted molar refractivity (Wildman–Crippen MR) is 78.6 cm³/mol. The van der Waals surface area contributed by atoms with Crippen molar-refractivity contribution in [2.75, 3.05) is 26.1 Å². The van der Waals surface area contributed by atoms with Crippen molar-refractivity contribution in [3.8, 4) is 5.75 Å². The second kappa shape index (κ2) is 7.23. The van der Waals surface area contributed by atoms with E-state index in [1.54, 1.807) is 13.2 Å². The molecule has 1 N–H and O–H groups in total. The van der Waals surface area contributed by atoms with Gasteiger partial charge in [0.1, 0.15) is 11.6 Å². The lowest BCUT2D eigenvalue weighted by molar-refractivity contribution is 0.0587. The smallest absolute Gasteiger partial charge is 0.376 e. The first-order chi connectivity index (χ1) is 10.2. The lowest BCUT2D eigenvalue weighted by atomic mass is 10.1. The molecule has 0 aliphatic carbocycles. The van der Waals surface area contributed by atoms with E-state index in [9.17, 15) is 4.79 Å². The number of carbonyl (C=O) groups excluding carboxylic acids is 1. The summed E-state index contributed by atoms with van der Waals surface area (Å²) >= 11 is 0. The number of methoxy groups -OCH3 is 2. The second-order valence-electron chi connectivity index (χ2n) is 4.29. The number of esters is 1. The number of ether oxygens (including phenoxy) is 2. The topological polar surface area (TPSA) is 73.3 Å². The largest absolute Gasteiger partial charge is 0.497 e. The molecule has 21 heavy (non-hydrogen) atoms. The standard InChI is InChI=1S/C15H17N3O3/c1-20-12-5-3-4-11(10-12)6-8-16-13-7-9-17-14(18-13)15(19)21-2/h3-5,7,9-10H,6,8H2,1-2H3,(H,16,17,18). The van der Waals surface area contributed by atoms with Crippen LogP contribution in [-0.2, 0) is 11.2 Å². The van der Waals surface area contributed by atoms with Crippen LogP contribution >= 0.6 is 0 Å². The molecule has 0 fully saturated rings. The maximum Gasteiger partial charge on any atom is 0.376 e. The van der Waals surface area contributed by atoms with Gasteiger partial charge in [-0.05, 0) is 30.2 Å². The molecule has 0 aliphatic heterocycles. The van der Waals surface area contributed by atoms with E-state index in [1.807, 2.05) is 24.3 Å². The normalized spacial score (nSPS) is 10.0. The maximum atomic E-state index is 11.3. The summed E-state index contributed by atoms with van der Waals surface area (Å²) < 4.78 is 9.77. The van der Waals surface area contributed by atoms with Gasteiger partial charge in [0.25, 0.3) is 0 Å². The Hall–Kier alpha value is -2.63. The van der Waals surface area contributed by atoms with Gasteiger partial charge in [0.15, 0.2) is 0 Å². The molecule has 0 spiro atoms. The van der Waals surface area contributed by atoms with Crippen LogP contribution in [0.25, 0.3) is 0 Å². The molecule has 0 atom stereocenters. The van der Waals surface area contributed by atoms with Gasteiger partial charge in [-0.15, -0.1) is 0 Å². The first kappa shape index (κ1) is 14.8. The van der Waals surface area contributed by atoms with E-state index in [4.69, 9.17) is 4.74 Å². The average Bonchev–Trinajstić information content (AvgIpc) is 2.54. The van der Waals surface area contributed by atoms with Crippen LogP contribution < -0.4 is 10.1 Å². The molecule has 0 saturated carbocycles. The van der Waals surface area contributed by atoms with Crippen LogP contribution in [0.3, 0.4) is 0 Å². The van der Waals surface area contributed by atoms with Crippen molar-refractivity contribution in [3.05, 3.63) is 47.9 Å². The van der Waals surface area contributed by atoms with Crippen LogP contribution in [0.15, 0.2) is 36.5 Å². The predicted octanol–water partition coefficient (Wildman–Crippen LogP) is 1.93. The molecule has 0 bridgehead atoms. The molecule has 0 unspecified atom stereocenters. The van der Waals surface area contributed by atoms with Gasteiger partial charge in [0, 0.05) is 12.7 Å². The minimum absolute atomic E-state index is 0.0453. The van der Waals surface area contributed by atoms with Gasteiger partial charge in [-0.3, -0.25) is 0 Å². The summed E-state index contributed by atoms with van der Waals surface area (Å²) in [6.07, 6.45) is 2.34. The highest BCUT2D eigenvalue weighted by Gasteiger charge is 2.09. The Morgan fingerprint density at radius 2 is 2.14 bits per heavy atom. The van der Waals surface area contributed by atoms with E-state index < -0.39 is 5.97 Å². The van der Waals surface area contributed by atoms with Crippen molar-refractivity contribution in [3.63, 3.8) is 0 Å². The van der Waals surface area contributed by atoms with E-state index in [-0.39, 0.29) is 5.82 Å². The fourth-order valence-corrected chi connectivity index (χ4v) is 1.81. The highest BCUT2D eigenvalue weighted by molar-refractivity contribution is 5.85. The summed E-state index contributed by atoms with van der Waals surface area (Å²) in [5.41, 5.74) is 1.16. The number of aromatic nitrogens is 2. The molecule has 110 valence electrons. The van der Waals surface area contributed by atoms with Gasteiger partial charge in [0.05, 0.1) is 14.2 Å². The lowest BCUT2D eigenvalue weighted by Gasteiger charge is -2.07. The molecule has 2 rings (SSSR count). The molecule has 0 aliphatic rings. The highest BCUT2D eigenvalue weighted by atomic mass is 16.5. The van der Waals surface area contributed by atoms with Crippen molar-refractivity contribution in [2.24, 2.45) is 0 Å². The zero-order valence-electron chi connectivity index (χ0n) is 12.0. The molecule has 6 nitrogen and oxygen atoms in total. The summed E-state index contributed by atoms with van der Waals surface area (Å²) in [6, 6.07) is 9.59. The minimum atomic E-state index is -0.550. The van der Waals surface area contributed by atoms with E-state index in [2.05, 4.69) is 20.0 Å². The van der Waals surface area contributed by atoms with Crippen LogP contribution in [-0.4, -0.2) is 36.7 Å². The average molecular weight is 287 g/mol. The number of anilines is 1. The number of hydrogen-bond acceptors (Lipinski definition) is 6. The zero-order valence-corrected chi connectivity index (χ0v) is 12.0. The van der Waals surface area contributed by atoms with Gasteiger partial charge in [0.2, 0.25) is 5.82 Å². The zero-order chi connectivity index (χ0) is 15.1. The third kappa shape index (κ3) is 4.17.